The van der Waals surface area contributed by atoms with Gasteiger partial charge in [0.2, 0.25) is 0 Å². The maximum absolute atomic E-state index is 13.0. The summed E-state index contributed by atoms with van der Waals surface area (Å²) in [5, 5.41) is 3.59. The van der Waals surface area contributed by atoms with Crippen LogP contribution in [0.5, 0.6) is 11.5 Å². The van der Waals surface area contributed by atoms with Crippen molar-refractivity contribution in [3.63, 3.8) is 0 Å². The smallest absolute Gasteiger partial charge is 0.344 e. The second kappa shape index (κ2) is 15.1. The molecular formula is C40H49ClO6. The highest BCUT2D eigenvalue weighted by Gasteiger charge is 2.36. The van der Waals surface area contributed by atoms with Gasteiger partial charge in [0.25, 0.3) is 0 Å². The molecular weight excluding hydrogens is 612 g/mol. The predicted octanol–water partition coefficient (Wildman–Crippen LogP) is 9.70. The van der Waals surface area contributed by atoms with Crippen molar-refractivity contribution in [1.29, 1.82) is 0 Å². The zero-order chi connectivity index (χ0) is 32.2. The zero-order valence-corrected chi connectivity index (χ0v) is 28.3. The Bertz CT molecular complexity index is 1570. The van der Waals surface area contributed by atoms with Crippen LogP contribution in [0, 0.1) is 35.5 Å². The van der Waals surface area contributed by atoms with Crippen molar-refractivity contribution in [1.82, 2.24) is 0 Å². The number of halogens is 1. The summed E-state index contributed by atoms with van der Waals surface area (Å²) >= 11 is 6.48. The number of esters is 2. The molecule has 4 aliphatic carbocycles. The Morgan fingerprint density at radius 2 is 1.04 bits per heavy atom. The standard InChI is InChI=1S/C40H49ClO6/c41-30-19-20-35-36(21-30)40(47-25-38(43)45-23-29-14-8-12-27-10-2-4-16-32(27)29)34-18-6-5-17-33(34)39(35)46-24-37(42)44-22-28-13-7-11-26-9-1-3-15-31(26)28/h5-6,17-21,26-29,31-32H,1-4,7-16,22-25H2. The molecule has 3 aromatic rings. The molecule has 7 heteroatoms. The summed E-state index contributed by atoms with van der Waals surface area (Å²) in [4.78, 5) is 26.0. The van der Waals surface area contributed by atoms with E-state index in [4.69, 9.17) is 30.5 Å². The van der Waals surface area contributed by atoms with Crippen LogP contribution < -0.4 is 9.47 Å². The lowest BCUT2D eigenvalue weighted by Gasteiger charge is -2.41. The molecule has 252 valence electrons. The summed E-state index contributed by atoms with van der Waals surface area (Å²) in [5.41, 5.74) is 0. The van der Waals surface area contributed by atoms with E-state index in [-0.39, 0.29) is 25.2 Å². The lowest BCUT2D eigenvalue weighted by atomic mass is 9.66. The summed E-state index contributed by atoms with van der Waals surface area (Å²) in [7, 11) is 0. The Labute approximate surface area is 283 Å². The minimum atomic E-state index is -0.359. The fourth-order valence-corrected chi connectivity index (χ4v) is 9.86. The van der Waals surface area contributed by atoms with Crippen LogP contribution in [0.25, 0.3) is 21.5 Å². The maximum atomic E-state index is 13.0. The normalized spacial score (nSPS) is 27.4. The number of carbonyl (C=O) groups excluding carboxylic acids is 2. The number of ether oxygens (including phenoxy) is 4. The van der Waals surface area contributed by atoms with Crippen LogP contribution in [0.15, 0.2) is 42.5 Å². The molecule has 0 N–H and O–H groups in total. The third kappa shape index (κ3) is 7.38. The number of fused-ring (bicyclic) bond motifs is 4. The minimum absolute atomic E-state index is 0.182. The number of hydrogen-bond acceptors (Lipinski definition) is 6. The van der Waals surface area contributed by atoms with Gasteiger partial charge in [-0.15, -0.1) is 0 Å². The second-order valence-electron chi connectivity index (χ2n) is 14.6. The van der Waals surface area contributed by atoms with Crippen molar-refractivity contribution in [3.05, 3.63) is 47.5 Å². The van der Waals surface area contributed by atoms with E-state index in [1.165, 1.54) is 77.0 Å². The van der Waals surface area contributed by atoms with Gasteiger partial charge in [-0.3, -0.25) is 0 Å². The van der Waals surface area contributed by atoms with Gasteiger partial charge in [0.05, 0.1) is 13.2 Å². The molecule has 0 heterocycles. The zero-order valence-electron chi connectivity index (χ0n) is 27.6. The van der Waals surface area contributed by atoms with Crippen molar-refractivity contribution < 1.29 is 28.5 Å². The Hall–Kier alpha value is -2.99. The van der Waals surface area contributed by atoms with Crippen molar-refractivity contribution in [2.24, 2.45) is 35.5 Å². The first kappa shape index (κ1) is 32.6. The molecule has 0 aromatic heterocycles. The molecule has 3 aromatic carbocycles. The van der Waals surface area contributed by atoms with E-state index < -0.39 is 0 Å². The second-order valence-corrected chi connectivity index (χ2v) is 15.1. The van der Waals surface area contributed by atoms with Crippen LogP contribution in [-0.2, 0) is 19.1 Å². The Morgan fingerprint density at radius 3 is 1.60 bits per heavy atom. The molecule has 0 amide bonds. The molecule has 6 unspecified atom stereocenters. The quantitative estimate of drug-likeness (QED) is 0.159. The summed E-state index contributed by atoms with van der Waals surface area (Å²) < 4.78 is 24.1. The van der Waals surface area contributed by atoms with Crippen LogP contribution >= 0.6 is 11.6 Å². The molecule has 0 bridgehead atoms. The van der Waals surface area contributed by atoms with Gasteiger partial charge in [0.1, 0.15) is 11.5 Å². The average Bonchev–Trinajstić information content (AvgIpc) is 3.11. The van der Waals surface area contributed by atoms with Gasteiger partial charge in [-0.2, -0.15) is 0 Å². The van der Waals surface area contributed by atoms with E-state index in [1.54, 1.807) is 6.07 Å². The van der Waals surface area contributed by atoms with Gasteiger partial charge in [0, 0.05) is 26.6 Å². The van der Waals surface area contributed by atoms with E-state index in [2.05, 4.69) is 0 Å². The van der Waals surface area contributed by atoms with Crippen molar-refractivity contribution in [2.45, 2.75) is 89.9 Å². The molecule has 7 rings (SSSR count). The number of benzene rings is 3. The summed E-state index contributed by atoms with van der Waals surface area (Å²) in [6, 6.07) is 13.2. The molecule has 4 saturated carbocycles. The highest BCUT2D eigenvalue weighted by atomic mass is 35.5. The fourth-order valence-electron chi connectivity index (χ4n) is 9.69. The van der Waals surface area contributed by atoms with E-state index in [1.807, 2.05) is 36.4 Å². The molecule has 0 aliphatic heterocycles. The third-order valence-electron chi connectivity index (χ3n) is 11.9. The summed E-state index contributed by atoms with van der Waals surface area (Å²) in [5.74, 6) is 4.28. The van der Waals surface area contributed by atoms with Crippen molar-refractivity contribution >= 4 is 45.1 Å². The average molecular weight is 661 g/mol. The van der Waals surface area contributed by atoms with Crippen LogP contribution in [0.3, 0.4) is 0 Å². The van der Waals surface area contributed by atoms with Gasteiger partial charge in [-0.25, -0.2) is 9.59 Å². The molecule has 6 nitrogen and oxygen atoms in total. The maximum Gasteiger partial charge on any atom is 0.344 e. The number of rotatable bonds is 10. The topological polar surface area (TPSA) is 71.1 Å². The summed E-state index contributed by atoms with van der Waals surface area (Å²) in [6.07, 6.45) is 17.8. The SMILES string of the molecule is O=C(COc1c2ccccc2c(OCC(=O)OCC2CCCC3CCCCC32)c2cc(Cl)ccc12)OCC1CCCC2CCCCC21. The minimum Gasteiger partial charge on any atom is -0.481 e. The summed E-state index contributed by atoms with van der Waals surface area (Å²) in [6.45, 7) is 0.576. The van der Waals surface area contributed by atoms with E-state index in [9.17, 15) is 9.59 Å². The van der Waals surface area contributed by atoms with Crippen LogP contribution in [-0.4, -0.2) is 38.4 Å². The highest BCUT2D eigenvalue weighted by molar-refractivity contribution is 6.31. The lowest BCUT2D eigenvalue weighted by Crippen LogP contribution is -2.34. The first-order valence-corrected chi connectivity index (χ1v) is 18.6. The van der Waals surface area contributed by atoms with E-state index >= 15 is 0 Å². The third-order valence-corrected chi connectivity index (χ3v) is 12.2. The van der Waals surface area contributed by atoms with Gasteiger partial charge in [0.15, 0.2) is 13.2 Å². The van der Waals surface area contributed by atoms with Crippen LogP contribution in [0.2, 0.25) is 5.02 Å². The van der Waals surface area contributed by atoms with Gasteiger partial charge in [-0.05, 0) is 79.4 Å². The van der Waals surface area contributed by atoms with Crippen LogP contribution in [0.4, 0.5) is 0 Å². The highest BCUT2D eigenvalue weighted by Crippen LogP contribution is 2.46. The first-order valence-electron chi connectivity index (χ1n) is 18.3. The van der Waals surface area contributed by atoms with E-state index in [0.29, 0.717) is 53.4 Å². The molecule has 0 saturated heterocycles. The Kier molecular flexibility index (Phi) is 10.4. The fraction of sp³-hybridized carbons (Fsp3) is 0.600. The molecule has 0 spiro atoms. The largest absolute Gasteiger partial charge is 0.481 e. The first-order chi connectivity index (χ1) is 23.0. The molecule has 4 aliphatic rings. The molecule has 4 fully saturated rings. The molecule has 47 heavy (non-hydrogen) atoms. The van der Waals surface area contributed by atoms with Crippen LogP contribution in [0.1, 0.15) is 89.9 Å². The molecule has 6 atom stereocenters. The monoisotopic (exact) mass is 660 g/mol. The number of carbonyl (C=O) groups is 2. The molecule has 0 radical (unpaired) electrons. The number of hydrogen-bond donors (Lipinski definition) is 0. The lowest BCUT2D eigenvalue weighted by molar-refractivity contribution is -0.149. The van der Waals surface area contributed by atoms with Gasteiger partial charge in [-0.1, -0.05) is 100 Å². The van der Waals surface area contributed by atoms with Gasteiger partial charge >= 0.3 is 11.9 Å². The van der Waals surface area contributed by atoms with E-state index in [0.717, 1.165) is 46.2 Å². The Balaban J connectivity index is 1.03. The van der Waals surface area contributed by atoms with Crippen molar-refractivity contribution in [3.8, 4) is 11.5 Å². The predicted molar refractivity (Wildman–Crippen MR) is 185 cm³/mol. The van der Waals surface area contributed by atoms with Gasteiger partial charge < -0.3 is 18.9 Å². The van der Waals surface area contributed by atoms with Crippen molar-refractivity contribution in [2.75, 3.05) is 26.4 Å². The Morgan fingerprint density at radius 1 is 0.574 bits per heavy atom.